The van der Waals surface area contributed by atoms with Gasteiger partial charge in [0.05, 0.1) is 23.2 Å². The number of aromatic nitrogens is 3. The number of aryl methyl sites for hydroxylation is 2. The SMILES string of the molecule is Cc1ccc2nc(-c3ccc(NC(=O)c4ccn(CCC(=O)O)n4)cc3)sc2c1. The summed E-state index contributed by atoms with van der Waals surface area (Å²) in [7, 11) is 0. The minimum absolute atomic E-state index is 0.0461. The first-order chi connectivity index (χ1) is 14.0. The Kier molecular flexibility index (Phi) is 5.09. The summed E-state index contributed by atoms with van der Waals surface area (Å²) >= 11 is 1.64. The minimum Gasteiger partial charge on any atom is -0.481 e. The Morgan fingerprint density at radius 2 is 1.93 bits per heavy atom. The van der Waals surface area contributed by atoms with E-state index in [1.807, 2.05) is 36.4 Å². The van der Waals surface area contributed by atoms with Crippen molar-refractivity contribution in [2.45, 2.75) is 19.9 Å². The van der Waals surface area contributed by atoms with Crippen LogP contribution in [0.4, 0.5) is 5.69 Å². The normalized spacial score (nSPS) is 10.9. The van der Waals surface area contributed by atoms with Gasteiger partial charge in [0, 0.05) is 17.4 Å². The number of nitrogens with zero attached hydrogens (tertiary/aromatic N) is 3. The summed E-state index contributed by atoms with van der Waals surface area (Å²) in [5, 5.41) is 16.6. The number of thiazole rings is 1. The molecule has 1 amide bonds. The Hall–Kier alpha value is -3.52. The molecule has 0 bridgehead atoms. The van der Waals surface area contributed by atoms with E-state index < -0.39 is 5.97 Å². The van der Waals surface area contributed by atoms with E-state index in [9.17, 15) is 9.59 Å². The molecule has 2 N–H and O–H groups in total. The summed E-state index contributed by atoms with van der Waals surface area (Å²) in [6.07, 6.45) is 1.55. The van der Waals surface area contributed by atoms with Gasteiger partial charge >= 0.3 is 5.97 Å². The Morgan fingerprint density at radius 1 is 1.14 bits per heavy atom. The van der Waals surface area contributed by atoms with Gasteiger partial charge in [0.1, 0.15) is 5.01 Å². The molecular formula is C21H18N4O3S. The monoisotopic (exact) mass is 406 g/mol. The van der Waals surface area contributed by atoms with E-state index in [1.165, 1.54) is 10.2 Å². The van der Waals surface area contributed by atoms with Crippen LogP contribution in [0, 0.1) is 6.92 Å². The maximum atomic E-state index is 12.4. The highest BCUT2D eigenvalue weighted by atomic mass is 32.1. The van der Waals surface area contributed by atoms with Crippen molar-refractivity contribution < 1.29 is 14.7 Å². The lowest BCUT2D eigenvalue weighted by Gasteiger charge is -2.04. The number of hydrogen-bond acceptors (Lipinski definition) is 5. The largest absolute Gasteiger partial charge is 0.481 e. The molecule has 0 aliphatic heterocycles. The third-order valence-corrected chi connectivity index (χ3v) is 5.43. The van der Waals surface area contributed by atoms with Crippen molar-refractivity contribution in [2.75, 3.05) is 5.32 Å². The fourth-order valence-corrected chi connectivity index (χ4v) is 3.93. The molecule has 4 rings (SSSR count). The molecule has 0 radical (unpaired) electrons. The first-order valence-corrected chi connectivity index (χ1v) is 9.84. The summed E-state index contributed by atoms with van der Waals surface area (Å²) in [4.78, 5) is 27.7. The zero-order chi connectivity index (χ0) is 20.4. The van der Waals surface area contributed by atoms with Crippen molar-refractivity contribution in [1.29, 1.82) is 0 Å². The predicted octanol–water partition coefficient (Wildman–Crippen LogP) is 4.20. The van der Waals surface area contributed by atoms with Gasteiger partial charge in [-0.15, -0.1) is 11.3 Å². The first kappa shape index (κ1) is 18.8. The van der Waals surface area contributed by atoms with Crippen molar-refractivity contribution in [3.63, 3.8) is 0 Å². The molecule has 0 unspecified atom stereocenters. The molecule has 2 aromatic heterocycles. The molecule has 0 aliphatic carbocycles. The van der Waals surface area contributed by atoms with E-state index in [1.54, 1.807) is 23.6 Å². The molecule has 29 heavy (non-hydrogen) atoms. The Bertz CT molecular complexity index is 1190. The second kappa shape index (κ2) is 7.84. The van der Waals surface area contributed by atoms with Crippen molar-refractivity contribution in [3.05, 3.63) is 66.0 Å². The molecule has 2 heterocycles. The molecule has 7 nitrogen and oxygen atoms in total. The second-order valence-electron chi connectivity index (χ2n) is 6.63. The van der Waals surface area contributed by atoms with Gasteiger partial charge in [-0.1, -0.05) is 6.07 Å². The molecule has 146 valence electrons. The maximum absolute atomic E-state index is 12.4. The summed E-state index contributed by atoms with van der Waals surface area (Å²) in [6, 6.07) is 15.3. The smallest absolute Gasteiger partial charge is 0.305 e. The van der Waals surface area contributed by atoms with Gasteiger partial charge < -0.3 is 10.4 Å². The fourth-order valence-electron chi connectivity index (χ4n) is 2.86. The highest BCUT2D eigenvalue weighted by molar-refractivity contribution is 7.21. The van der Waals surface area contributed by atoms with Crippen LogP contribution in [0.15, 0.2) is 54.7 Å². The van der Waals surface area contributed by atoms with Crippen LogP contribution in [-0.4, -0.2) is 31.7 Å². The van der Waals surface area contributed by atoms with E-state index in [0.29, 0.717) is 5.69 Å². The lowest BCUT2D eigenvalue weighted by molar-refractivity contribution is -0.137. The van der Waals surface area contributed by atoms with Gasteiger partial charge in [-0.3, -0.25) is 14.3 Å². The number of carbonyl (C=O) groups is 2. The number of amides is 1. The highest BCUT2D eigenvalue weighted by Crippen LogP contribution is 2.31. The number of hydrogen-bond donors (Lipinski definition) is 2. The van der Waals surface area contributed by atoms with Gasteiger partial charge in [-0.25, -0.2) is 4.98 Å². The van der Waals surface area contributed by atoms with Crippen LogP contribution in [0.3, 0.4) is 0 Å². The first-order valence-electron chi connectivity index (χ1n) is 9.02. The summed E-state index contributed by atoms with van der Waals surface area (Å²) in [5.41, 5.74) is 4.05. The quantitative estimate of drug-likeness (QED) is 0.500. The van der Waals surface area contributed by atoms with Gasteiger partial charge in [-0.05, 0) is 55.0 Å². The Labute approximate surface area is 170 Å². The molecule has 0 saturated carbocycles. The van der Waals surface area contributed by atoms with Gasteiger partial charge in [0.2, 0.25) is 0 Å². The average molecular weight is 406 g/mol. The zero-order valence-corrected chi connectivity index (χ0v) is 16.4. The molecule has 0 saturated heterocycles. The molecule has 8 heteroatoms. The molecule has 2 aromatic carbocycles. The van der Waals surface area contributed by atoms with Crippen LogP contribution in [-0.2, 0) is 11.3 Å². The van der Waals surface area contributed by atoms with Crippen molar-refractivity contribution in [3.8, 4) is 10.6 Å². The number of benzene rings is 2. The standard InChI is InChI=1S/C21H18N4O3S/c1-13-2-7-16-18(12-13)29-21(23-16)14-3-5-15(6-4-14)22-20(28)17-8-10-25(24-17)11-9-19(26)27/h2-8,10,12H,9,11H2,1H3,(H,22,28)(H,26,27). The molecule has 0 spiro atoms. The Balaban J connectivity index is 1.45. The number of carboxylic acid groups (broad SMARTS) is 1. The molecule has 0 aliphatic rings. The molecule has 0 atom stereocenters. The van der Waals surface area contributed by atoms with E-state index in [0.717, 1.165) is 20.8 Å². The number of carboxylic acids is 1. The van der Waals surface area contributed by atoms with Crippen molar-refractivity contribution >= 4 is 39.1 Å². The lowest BCUT2D eigenvalue weighted by atomic mass is 10.2. The van der Waals surface area contributed by atoms with Gasteiger partial charge in [0.25, 0.3) is 5.91 Å². The Morgan fingerprint density at radius 3 is 2.69 bits per heavy atom. The van der Waals surface area contributed by atoms with E-state index in [-0.39, 0.29) is 24.6 Å². The summed E-state index contributed by atoms with van der Waals surface area (Å²) in [5.74, 6) is -1.25. The molecule has 4 aromatic rings. The van der Waals surface area contributed by atoms with Gasteiger partial charge in [-0.2, -0.15) is 5.10 Å². The predicted molar refractivity (Wildman–Crippen MR) is 112 cm³/mol. The molecule has 0 fully saturated rings. The number of anilines is 1. The lowest BCUT2D eigenvalue weighted by Crippen LogP contribution is -2.13. The van der Waals surface area contributed by atoms with Crippen LogP contribution >= 0.6 is 11.3 Å². The van der Waals surface area contributed by atoms with Crippen LogP contribution in [0.5, 0.6) is 0 Å². The third-order valence-electron chi connectivity index (χ3n) is 4.36. The topological polar surface area (TPSA) is 97.1 Å². The number of nitrogens with one attached hydrogen (secondary N) is 1. The van der Waals surface area contributed by atoms with Crippen LogP contribution in [0.1, 0.15) is 22.5 Å². The van der Waals surface area contributed by atoms with Crippen molar-refractivity contribution in [2.24, 2.45) is 0 Å². The van der Waals surface area contributed by atoms with E-state index in [2.05, 4.69) is 28.4 Å². The van der Waals surface area contributed by atoms with E-state index >= 15 is 0 Å². The minimum atomic E-state index is -0.908. The number of fused-ring (bicyclic) bond motifs is 1. The average Bonchev–Trinajstić information content (AvgIpc) is 3.33. The van der Waals surface area contributed by atoms with E-state index in [4.69, 9.17) is 5.11 Å². The summed E-state index contributed by atoms with van der Waals surface area (Å²) in [6.45, 7) is 2.28. The molecular weight excluding hydrogens is 388 g/mol. The highest BCUT2D eigenvalue weighted by Gasteiger charge is 2.11. The third kappa shape index (κ3) is 4.33. The number of carbonyl (C=O) groups excluding carboxylic acids is 1. The van der Waals surface area contributed by atoms with Gasteiger partial charge in [0.15, 0.2) is 5.69 Å². The summed E-state index contributed by atoms with van der Waals surface area (Å²) < 4.78 is 2.59. The zero-order valence-electron chi connectivity index (χ0n) is 15.6. The second-order valence-corrected chi connectivity index (χ2v) is 7.66. The number of aliphatic carboxylic acids is 1. The number of rotatable bonds is 6. The van der Waals surface area contributed by atoms with Crippen LogP contribution in [0.2, 0.25) is 0 Å². The van der Waals surface area contributed by atoms with Crippen LogP contribution in [0.25, 0.3) is 20.8 Å². The fraction of sp³-hybridized carbons (Fsp3) is 0.143. The maximum Gasteiger partial charge on any atom is 0.305 e. The van der Waals surface area contributed by atoms with Crippen LogP contribution < -0.4 is 5.32 Å². The van der Waals surface area contributed by atoms with Crippen molar-refractivity contribution in [1.82, 2.24) is 14.8 Å².